The van der Waals surface area contributed by atoms with Gasteiger partial charge in [-0.3, -0.25) is 9.35 Å². The second-order valence-electron chi connectivity index (χ2n) is 3.96. The Morgan fingerprint density at radius 1 is 1.41 bits per heavy atom. The summed E-state index contributed by atoms with van der Waals surface area (Å²) in [6.07, 6.45) is -5.11. The molecule has 8 nitrogen and oxygen atoms in total. The van der Waals surface area contributed by atoms with Gasteiger partial charge in [0.2, 0.25) is 6.17 Å². The third-order valence-electron chi connectivity index (χ3n) is 1.96. The maximum absolute atomic E-state index is 13.0. The zero-order chi connectivity index (χ0) is 17.6. The molecular weight excluding hydrogens is 335 g/mol. The highest BCUT2D eigenvalue weighted by atomic mass is 32.2. The summed E-state index contributed by atoms with van der Waals surface area (Å²) in [6.45, 7) is 2.79. The molecule has 0 saturated carbocycles. The van der Waals surface area contributed by atoms with E-state index < -0.39 is 40.2 Å². The fraction of sp³-hybridized carbons (Fsp3) is 0.600. The van der Waals surface area contributed by atoms with Crippen LogP contribution >= 0.6 is 0 Å². The van der Waals surface area contributed by atoms with E-state index >= 15 is 0 Å². The number of rotatable bonds is 8. The van der Waals surface area contributed by atoms with Gasteiger partial charge in [-0.2, -0.15) is 17.2 Å². The molecule has 0 saturated heterocycles. The van der Waals surface area contributed by atoms with Crippen LogP contribution in [-0.2, 0) is 24.4 Å². The van der Waals surface area contributed by atoms with Gasteiger partial charge in [0, 0.05) is 6.54 Å². The molecular formula is C10H14F3NO7S. The number of alkyl carbamates (subject to hydrolysis) is 1. The molecule has 0 heterocycles. The van der Waals surface area contributed by atoms with Crippen molar-refractivity contribution in [1.82, 2.24) is 5.32 Å². The van der Waals surface area contributed by atoms with Crippen molar-refractivity contribution >= 4 is 22.2 Å². The van der Waals surface area contributed by atoms with Crippen LogP contribution in [0.2, 0.25) is 0 Å². The number of alkyl halides is 3. The maximum Gasteiger partial charge on any atom is 0.407 e. The summed E-state index contributed by atoms with van der Waals surface area (Å²) in [5.74, 6) is -0.602. The molecule has 0 aromatic rings. The number of hydrogen-bond donors (Lipinski definition) is 2. The second-order valence-corrected chi connectivity index (χ2v) is 5.45. The van der Waals surface area contributed by atoms with E-state index in [4.69, 9.17) is 4.55 Å². The average molecular weight is 349 g/mol. The molecule has 128 valence electrons. The van der Waals surface area contributed by atoms with E-state index in [2.05, 4.69) is 16.1 Å². The summed E-state index contributed by atoms with van der Waals surface area (Å²) in [5, 5.41) is -3.20. The molecule has 0 bridgehead atoms. The van der Waals surface area contributed by atoms with Gasteiger partial charge in [-0.05, 0) is 6.92 Å². The van der Waals surface area contributed by atoms with Crippen LogP contribution in [0.15, 0.2) is 12.3 Å². The van der Waals surface area contributed by atoms with Crippen molar-refractivity contribution in [3.05, 3.63) is 12.3 Å². The summed E-state index contributed by atoms with van der Waals surface area (Å²) in [7, 11) is -5.98. The highest BCUT2D eigenvalue weighted by Crippen LogP contribution is 2.27. The molecule has 0 aliphatic heterocycles. The van der Waals surface area contributed by atoms with Crippen LogP contribution in [0.5, 0.6) is 0 Å². The van der Waals surface area contributed by atoms with Crippen LogP contribution in [0, 0.1) is 0 Å². The molecule has 1 atom stereocenters. The Hall–Kier alpha value is -1.82. The first-order valence-corrected chi connectivity index (χ1v) is 7.07. The van der Waals surface area contributed by atoms with Gasteiger partial charge < -0.3 is 14.8 Å². The molecule has 1 unspecified atom stereocenters. The lowest BCUT2D eigenvalue weighted by Gasteiger charge is -2.17. The zero-order valence-corrected chi connectivity index (χ0v) is 12.2. The smallest absolute Gasteiger partial charge is 0.407 e. The summed E-state index contributed by atoms with van der Waals surface area (Å²) < 4.78 is 75.6. The Bertz CT molecular complexity index is 535. The number of allylic oxidation sites excluding steroid dienone is 1. The van der Waals surface area contributed by atoms with E-state index in [1.165, 1.54) is 6.92 Å². The molecule has 2 N–H and O–H groups in total. The molecule has 0 aromatic carbocycles. The molecule has 0 spiro atoms. The number of carbonyl (C=O) groups is 2. The van der Waals surface area contributed by atoms with Gasteiger partial charge in [0.15, 0.2) is 0 Å². The van der Waals surface area contributed by atoms with E-state index in [9.17, 15) is 31.2 Å². The first-order chi connectivity index (χ1) is 9.87. The Balaban J connectivity index is 4.15. The molecule has 0 aliphatic carbocycles. The van der Waals surface area contributed by atoms with Gasteiger partial charge in [0.05, 0.1) is 12.2 Å². The van der Waals surface area contributed by atoms with E-state index in [0.29, 0.717) is 0 Å². The minimum absolute atomic E-state index is 0.125. The van der Waals surface area contributed by atoms with Crippen molar-refractivity contribution < 1.29 is 45.2 Å². The van der Waals surface area contributed by atoms with E-state index in [1.54, 1.807) is 0 Å². The maximum atomic E-state index is 13.0. The quantitative estimate of drug-likeness (QED) is 0.381. The lowest BCUT2D eigenvalue weighted by Crippen LogP contribution is -2.42. The molecule has 22 heavy (non-hydrogen) atoms. The standard InChI is InChI=1S/C10H14F3NO7S/c1-6(2)21-8(15)3-4-14-9(16)20-5-7(11)10(12,13)22(17,18)19/h7H,1,3-5H2,2H3,(H,14,16)(H,17,18,19). The number of halogens is 3. The first-order valence-electron chi connectivity index (χ1n) is 5.63. The van der Waals surface area contributed by atoms with Crippen LogP contribution in [-0.4, -0.2) is 49.6 Å². The van der Waals surface area contributed by atoms with Crippen LogP contribution in [0.25, 0.3) is 0 Å². The lowest BCUT2D eigenvalue weighted by atomic mass is 10.4. The van der Waals surface area contributed by atoms with Crippen molar-refractivity contribution in [2.75, 3.05) is 13.2 Å². The molecule has 0 radical (unpaired) electrons. The topological polar surface area (TPSA) is 119 Å². The van der Waals surface area contributed by atoms with E-state index in [1.807, 2.05) is 5.32 Å². The number of hydrogen-bond acceptors (Lipinski definition) is 6. The fourth-order valence-electron chi connectivity index (χ4n) is 0.970. The Labute approximate surface area is 124 Å². The number of ether oxygens (including phenoxy) is 2. The number of amides is 1. The molecule has 0 aromatic heterocycles. The number of esters is 1. The predicted octanol–water partition coefficient (Wildman–Crippen LogP) is 0.998. The first kappa shape index (κ1) is 20.2. The largest absolute Gasteiger partial charge is 0.446 e. The normalized spacial score (nSPS) is 13.1. The van der Waals surface area contributed by atoms with Gasteiger partial charge in [0.1, 0.15) is 6.61 Å². The van der Waals surface area contributed by atoms with Crippen LogP contribution in [0.1, 0.15) is 13.3 Å². The molecule has 12 heteroatoms. The van der Waals surface area contributed by atoms with Crippen LogP contribution in [0.4, 0.5) is 18.0 Å². The summed E-state index contributed by atoms with van der Waals surface area (Å²) in [6, 6.07) is 0. The van der Waals surface area contributed by atoms with Crippen molar-refractivity contribution in [3.8, 4) is 0 Å². The van der Waals surface area contributed by atoms with Gasteiger partial charge in [-0.25, -0.2) is 9.18 Å². The van der Waals surface area contributed by atoms with Crippen molar-refractivity contribution in [2.24, 2.45) is 0 Å². The highest BCUT2D eigenvalue weighted by Gasteiger charge is 2.53. The second kappa shape index (κ2) is 7.98. The van der Waals surface area contributed by atoms with E-state index in [-0.39, 0.29) is 18.7 Å². The van der Waals surface area contributed by atoms with Gasteiger partial charge in [-0.1, -0.05) is 6.58 Å². The molecule has 0 fully saturated rings. The molecule has 0 aliphatic rings. The van der Waals surface area contributed by atoms with Gasteiger partial charge in [-0.15, -0.1) is 0 Å². The van der Waals surface area contributed by atoms with Crippen LogP contribution < -0.4 is 5.32 Å². The SMILES string of the molecule is C=C(C)OC(=O)CCNC(=O)OCC(F)C(F)(F)S(=O)(=O)O. The third kappa shape index (κ3) is 6.76. The third-order valence-corrected chi connectivity index (χ3v) is 2.90. The number of nitrogens with one attached hydrogen (secondary N) is 1. The fourth-order valence-corrected chi connectivity index (χ4v) is 1.36. The Morgan fingerprint density at radius 3 is 2.41 bits per heavy atom. The summed E-state index contributed by atoms with van der Waals surface area (Å²) >= 11 is 0. The Morgan fingerprint density at radius 2 is 1.95 bits per heavy atom. The Kier molecular flexibility index (Phi) is 7.32. The molecule has 0 rings (SSSR count). The monoisotopic (exact) mass is 349 g/mol. The minimum Gasteiger partial charge on any atom is -0.446 e. The molecule has 1 amide bonds. The average Bonchev–Trinajstić information content (AvgIpc) is 2.33. The van der Waals surface area contributed by atoms with Crippen molar-refractivity contribution in [1.29, 1.82) is 0 Å². The van der Waals surface area contributed by atoms with Gasteiger partial charge >= 0.3 is 27.4 Å². The zero-order valence-electron chi connectivity index (χ0n) is 11.3. The van der Waals surface area contributed by atoms with E-state index in [0.717, 1.165) is 0 Å². The van der Waals surface area contributed by atoms with Gasteiger partial charge in [0.25, 0.3) is 0 Å². The predicted molar refractivity (Wildman–Crippen MR) is 66.3 cm³/mol. The number of carbonyl (C=O) groups excluding carboxylic acids is 2. The lowest BCUT2D eigenvalue weighted by molar-refractivity contribution is -0.139. The van der Waals surface area contributed by atoms with Crippen LogP contribution in [0.3, 0.4) is 0 Å². The summed E-state index contributed by atoms with van der Waals surface area (Å²) in [5.41, 5.74) is 0. The van der Waals surface area contributed by atoms with Crippen molar-refractivity contribution in [2.45, 2.75) is 24.8 Å². The summed E-state index contributed by atoms with van der Waals surface area (Å²) in [4.78, 5) is 22.0. The minimum atomic E-state index is -5.98. The highest BCUT2D eigenvalue weighted by molar-refractivity contribution is 7.86. The van der Waals surface area contributed by atoms with Crippen molar-refractivity contribution in [3.63, 3.8) is 0 Å².